The highest BCUT2D eigenvalue weighted by atomic mass is 19.4. The smallest absolute Gasteiger partial charge is 0.475 e. The van der Waals surface area contributed by atoms with E-state index >= 15 is 0 Å². The van der Waals surface area contributed by atoms with Gasteiger partial charge in [-0.1, -0.05) is 13.8 Å². The van der Waals surface area contributed by atoms with Crippen LogP contribution >= 0.6 is 0 Å². The number of hydrogen-bond donors (Lipinski definition) is 1. The Labute approximate surface area is 158 Å². The van der Waals surface area contributed by atoms with E-state index in [1.165, 1.54) is 6.42 Å². The lowest BCUT2D eigenvalue weighted by molar-refractivity contribution is -0.383. The highest BCUT2D eigenvalue weighted by molar-refractivity contribution is 5.97. The van der Waals surface area contributed by atoms with E-state index in [9.17, 15) is 23.3 Å². The summed E-state index contributed by atoms with van der Waals surface area (Å²) in [6.45, 7) is 6.47. The van der Waals surface area contributed by atoms with E-state index in [2.05, 4.69) is 23.7 Å². The molecule has 28 heavy (non-hydrogen) atoms. The molecule has 2 heterocycles. The molecule has 0 radical (unpaired) electrons. The van der Waals surface area contributed by atoms with Crippen molar-refractivity contribution in [1.29, 1.82) is 0 Å². The van der Waals surface area contributed by atoms with Gasteiger partial charge in [-0.05, 0) is 36.5 Å². The monoisotopic (exact) mass is 399 g/mol. The molecule has 1 N–H and O–H groups in total. The first-order valence-corrected chi connectivity index (χ1v) is 8.58. The number of carboxylic acid groups (broad SMARTS) is 1. The van der Waals surface area contributed by atoms with E-state index in [0.717, 1.165) is 24.3 Å². The van der Waals surface area contributed by atoms with Gasteiger partial charge in [0.1, 0.15) is 5.52 Å². The van der Waals surface area contributed by atoms with Crippen molar-refractivity contribution in [2.75, 3.05) is 18.0 Å². The Hall–Kier alpha value is -2.91. The summed E-state index contributed by atoms with van der Waals surface area (Å²) in [7, 11) is 0. The van der Waals surface area contributed by atoms with Crippen LogP contribution in [0, 0.1) is 22.0 Å². The lowest BCUT2D eigenvalue weighted by Crippen LogP contribution is -2.38. The maximum Gasteiger partial charge on any atom is 0.490 e. The maximum atomic E-state index is 11.2. The Morgan fingerprint density at radius 1 is 1.25 bits per heavy atom. The average molecular weight is 399 g/mol. The molecule has 1 aromatic carbocycles. The number of nitrogens with zero attached hydrogens (tertiary/aromatic N) is 3. The molecule has 3 rings (SSSR count). The SMILES string of the molecule is CC1CC(C)CN(c2ccc([N+](=O)[O-])c3cccnc23)C1.O=C(O)C(F)(F)F. The number of nitro groups is 1. The predicted octanol–water partition coefficient (Wildman–Crippen LogP) is 4.26. The largest absolute Gasteiger partial charge is 0.490 e. The number of piperidine rings is 1. The zero-order valence-corrected chi connectivity index (χ0v) is 15.3. The second-order valence-corrected chi connectivity index (χ2v) is 6.91. The number of halogens is 3. The first-order chi connectivity index (χ1) is 13.0. The number of fused-ring (bicyclic) bond motifs is 1. The number of carbonyl (C=O) groups is 1. The fourth-order valence-electron chi connectivity index (χ4n) is 3.42. The fourth-order valence-corrected chi connectivity index (χ4v) is 3.42. The molecule has 1 saturated heterocycles. The van der Waals surface area contributed by atoms with Crippen molar-refractivity contribution in [3.8, 4) is 0 Å². The van der Waals surface area contributed by atoms with Crippen LogP contribution in [0.15, 0.2) is 30.5 Å². The molecule has 0 aliphatic carbocycles. The molecule has 1 aliphatic heterocycles. The van der Waals surface area contributed by atoms with Gasteiger partial charge in [-0.25, -0.2) is 4.79 Å². The molecule has 2 aromatic rings. The van der Waals surface area contributed by atoms with Crippen LogP contribution in [-0.4, -0.2) is 40.2 Å². The zero-order valence-electron chi connectivity index (χ0n) is 15.3. The Morgan fingerprint density at radius 2 is 1.82 bits per heavy atom. The zero-order chi connectivity index (χ0) is 21.1. The summed E-state index contributed by atoms with van der Waals surface area (Å²) in [6.07, 6.45) is -2.15. The number of benzene rings is 1. The summed E-state index contributed by atoms with van der Waals surface area (Å²) in [5, 5.41) is 18.9. The van der Waals surface area contributed by atoms with Crippen molar-refractivity contribution < 1.29 is 28.0 Å². The van der Waals surface area contributed by atoms with Crippen molar-refractivity contribution in [3.05, 3.63) is 40.6 Å². The number of non-ortho nitro benzene ring substituents is 1. The number of rotatable bonds is 2. The van der Waals surface area contributed by atoms with Gasteiger partial charge in [0.25, 0.3) is 5.69 Å². The van der Waals surface area contributed by atoms with Crippen molar-refractivity contribution in [2.24, 2.45) is 11.8 Å². The topological polar surface area (TPSA) is 96.6 Å². The van der Waals surface area contributed by atoms with E-state index < -0.39 is 12.1 Å². The Kier molecular flexibility index (Phi) is 6.42. The van der Waals surface area contributed by atoms with Crippen LogP contribution in [0.5, 0.6) is 0 Å². The number of aromatic nitrogens is 1. The standard InChI is InChI=1S/C16H19N3O2.C2HF3O2/c1-11-8-12(2)10-18(9-11)15-6-5-14(19(20)21)13-4-3-7-17-16(13)15;3-2(4,5)1(6)7/h3-7,11-12H,8-10H2,1-2H3;(H,6,7). The predicted molar refractivity (Wildman–Crippen MR) is 97.2 cm³/mol. The van der Waals surface area contributed by atoms with Crippen molar-refractivity contribution in [2.45, 2.75) is 26.4 Å². The first kappa shape index (κ1) is 21.4. The van der Waals surface area contributed by atoms with E-state index in [0.29, 0.717) is 17.2 Å². The van der Waals surface area contributed by atoms with Gasteiger partial charge in [0, 0.05) is 25.4 Å². The Morgan fingerprint density at radius 3 is 2.32 bits per heavy atom. The third-order valence-corrected chi connectivity index (χ3v) is 4.37. The van der Waals surface area contributed by atoms with Crippen LogP contribution < -0.4 is 4.90 Å². The average Bonchev–Trinajstić information content (AvgIpc) is 2.59. The molecule has 2 atom stereocenters. The summed E-state index contributed by atoms with van der Waals surface area (Å²) in [5.41, 5.74) is 1.86. The summed E-state index contributed by atoms with van der Waals surface area (Å²) in [4.78, 5) is 26.4. The minimum absolute atomic E-state index is 0.125. The lowest BCUT2D eigenvalue weighted by Gasteiger charge is -2.36. The van der Waals surface area contributed by atoms with Crippen LogP contribution in [-0.2, 0) is 4.79 Å². The molecule has 0 saturated carbocycles. The van der Waals surface area contributed by atoms with Gasteiger partial charge in [0.05, 0.1) is 16.0 Å². The maximum absolute atomic E-state index is 11.2. The van der Waals surface area contributed by atoms with Gasteiger partial charge >= 0.3 is 12.1 Å². The first-order valence-electron chi connectivity index (χ1n) is 8.58. The Balaban J connectivity index is 0.000000345. The van der Waals surface area contributed by atoms with Crippen molar-refractivity contribution >= 4 is 28.2 Å². The molecule has 1 fully saturated rings. The molecule has 152 valence electrons. The quantitative estimate of drug-likeness (QED) is 0.599. The summed E-state index contributed by atoms with van der Waals surface area (Å²) in [5.74, 6) is -1.50. The molecule has 1 aliphatic rings. The molecular formula is C18H20F3N3O4. The minimum atomic E-state index is -5.08. The molecule has 0 bridgehead atoms. The molecule has 0 amide bonds. The van der Waals surface area contributed by atoms with Crippen LogP contribution in [0.2, 0.25) is 0 Å². The van der Waals surface area contributed by atoms with Crippen LogP contribution in [0.4, 0.5) is 24.5 Å². The second-order valence-electron chi connectivity index (χ2n) is 6.91. The van der Waals surface area contributed by atoms with Gasteiger partial charge in [0.2, 0.25) is 0 Å². The normalized spacial score (nSPS) is 19.7. The van der Waals surface area contributed by atoms with Crippen molar-refractivity contribution in [3.63, 3.8) is 0 Å². The summed E-state index contributed by atoms with van der Waals surface area (Å²) >= 11 is 0. The lowest BCUT2D eigenvalue weighted by atomic mass is 9.91. The van der Waals surface area contributed by atoms with Crippen molar-refractivity contribution in [1.82, 2.24) is 4.98 Å². The fraction of sp³-hybridized carbons (Fsp3) is 0.444. The Bertz CT molecular complexity index is 863. The van der Waals surface area contributed by atoms with Gasteiger partial charge in [-0.3, -0.25) is 15.1 Å². The summed E-state index contributed by atoms with van der Waals surface area (Å²) in [6, 6.07) is 6.98. The molecule has 7 nitrogen and oxygen atoms in total. The number of hydrogen-bond acceptors (Lipinski definition) is 5. The van der Waals surface area contributed by atoms with Crippen LogP contribution in [0.1, 0.15) is 20.3 Å². The number of nitro benzene ring substituents is 1. The highest BCUT2D eigenvalue weighted by Crippen LogP contribution is 2.34. The molecule has 2 unspecified atom stereocenters. The highest BCUT2D eigenvalue weighted by Gasteiger charge is 2.38. The molecular weight excluding hydrogens is 379 g/mol. The number of aliphatic carboxylic acids is 1. The number of anilines is 1. The van der Waals surface area contributed by atoms with E-state index in [1.54, 1.807) is 24.4 Å². The van der Waals surface area contributed by atoms with E-state index in [1.807, 2.05) is 6.07 Å². The number of carboxylic acids is 1. The van der Waals surface area contributed by atoms with Gasteiger partial charge < -0.3 is 10.0 Å². The molecule has 1 aromatic heterocycles. The number of alkyl halides is 3. The van der Waals surface area contributed by atoms with E-state index in [-0.39, 0.29) is 10.6 Å². The third-order valence-electron chi connectivity index (χ3n) is 4.37. The third kappa shape index (κ3) is 5.08. The van der Waals surface area contributed by atoms with Crippen LogP contribution in [0.25, 0.3) is 10.9 Å². The van der Waals surface area contributed by atoms with Gasteiger partial charge in [-0.2, -0.15) is 13.2 Å². The van der Waals surface area contributed by atoms with Crippen LogP contribution in [0.3, 0.4) is 0 Å². The van der Waals surface area contributed by atoms with Gasteiger partial charge in [-0.15, -0.1) is 0 Å². The molecule has 0 spiro atoms. The summed E-state index contributed by atoms with van der Waals surface area (Å²) < 4.78 is 31.7. The minimum Gasteiger partial charge on any atom is -0.475 e. The van der Waals surface area contributed by atoms with E-state index in [4.69, 9.17) is 9.90 Å². The van der Waals surface area contributed by atoms with Gasteiger partial charge in [0.15, 0.2) is 0 Å². The number of pyridine rings is 1. The second kappa shape index (κ2) is 8.41. The molecule has 10 heteroatoms.